The second-order valence-corrected chi connectivity index (χ2v) is 8.43. The number of fused-ring (bicyclic) bond motifs is 2. The Morgan fingerprint density at radius 1 is 1.37 bits per heavy atom. The van der Waals surface area contributed by atoms with Gasteiger partial charge in [0.05, 0.1) is 12.7 Å². The number of nitrogens with zero attached hydrogens (tertiary/aromatic N) is 1. The van der Waals surface area contributed by atoms with E-state index in [0.29, 0.717) is 24.6 Å². The summed E-state index contributed by atoms with van der Waals surface area (Å²) in [6, 6.07) is 2.05. The fourth-order valence-electron chi connectivity index (χ4n) is 4.65. The average molecular weight is 375 g/mol. The molecule has 1 aromatic carbocycles. The van der Waals surface area contributed by atoms with Crippen molar-refractivity contribution in [1.29, 1.82) is 0 Å². The molecule has 4 rings (SSSR count). The van der Waals surface area contributed by atoms with Gasteiger partial charge in [0.1, 0.15) is 5.78 Å². The number of likely N-dealkylation sites (N-methyl/N-ethyl adjacent to an activating group) is 1. The van der Waals surface area contributed by atoms with Gasteiger partial charge >= 0.3 is 0 Å². The summed E-state index contributed by atoms with van der Waals surface area (Å²) in [5, 5.41) is 0. The molecule has 0 spiro atoms. The first-order valence-electron chi connectivity index (χ1n) is 9.76. The molecule has 0 radical (unpaired) electrons. The zero-order valence-electron chi connectivity index (χ0n) is 16.7. The third kappa shape index (κ3) is 3.41. The van der Waals surface area contributed by atoms with Crippen LogP contribution in [0.4, 0.5) is 0 Å². The number of rotatable bonds is 4. The molecule has 0 aromatic heterocycles. The molecule has 148 valence electrons. The first-order valence-corrected chi connectivity index (χ1v) is 9.76. The largest absolute Gasteiger partial charge is 0.492 e. The summed E-state index contributed by atoms with van der Waals surface area (Å²) in [4.78, 5) is 15.4. The SMILES string of the molecule is COc1c2c(cc3c1[C@@H](CC(=O)[C@H]1CCOC(C)(C)C1)N(C)CC3)OCO2. The van der Waals surface area contributed by atoms with Crippen LogP contribution in [0.1, 0.15) is 50.3 Å². The number of benzene rings is 1. The fourth-order valence-corrected chi connectivity index (χ4v) is 4.65. The van der Waals surface area contributed by atoms with E-state index in [9.17, 15) is 4.79 Å². The number of hydrogen-bond donors (Lipinski definition) is 0. The zero-order valence-corrected chi connectivity index (χ0v) is 16.7. The standard InChI is InChI=1S/C21H29NO5/c1-21(2)11-14(6-8-27-21)16(23)10-15-18-13(5-7-22(15)3)9-17-19(20(18)24-4)26-12-25-17/h9,14-15H,5-8,10-12H2,1-4H3/t14-,15+/m0/s1. The van der Waals surface area contributed by atoms with Gasteiger partial charge in [-0.2, -0.15) is 0 Å². The summed E-state index contributed by atoms with van der Waals surface area (Å²) >= 11 is 0. The van der Waals surface area contributed by atoms with Crippen LogP contribution in [0.15, 0.2) is 6.07 Å². The Morgan fingerprint density at radius 3 is 2.93 bits per heavy atom. The summed E-state index contributed by atoms with van der Waals surface area (Å²) < 4.78 is 22.7. The number of ketones is 1. The smallest absolute Gasteiger partial charge is 0.231 e. The van der Waals surface area contributed by atoms with Crippen molar-refractivity contribution < 1.29 is 23.7 Å². The van der Waals surface area contributed by atoms with E-state index in [-0.39, 0.29) is 24.4 Å². The first-order chi connectivity index (χ1) is 12.9. The summed E-state index contributed by atoms with van der Waals surface area (Å²) in [6.07, 6.45) is 2.99. The van der Waals surface area contributed by atoms with Crippen molar-refractivity contribution in [3.63, 3.8) is 0 Å². The van der Waals surface area contributed by atoms with Gasteiger partial charge < -0.3 is 18.9 Å². The Morgan fingerprint density at radius 2 is 2.19 bits per heavy atom. The van der Waals surface area contributed by atoms with Gasteiger partial charge in [-0.3, -0.25) is 9.69 Å². The molecule has 0 bridgehead atoms. The molecule has 1 fully saturated rings. The highest BCUT2D eigenvalue weighted by molar-refractivity contribution is 5.82. The molecule has 27 heavy (non-hydrogen) atoms. The van der Waals surface area contributed by atoms with Gasteiger partial charge in [-0.25, -0.2) is 0 Å². The molecule has 0 saturated carbocycles. The maximum atomic E-state index is 13.2. The minimum atomic E-state index is -0.224. The van der Waals surface area contributed by atoms with Crippen LogP contribution in [-0.2, 0) is 16.0 Å². The lowest BCUT2D eigenvalue weighted by Gasteiger charge is -2.38. The number of ether oxygens (including phenoxy) is 4. The number of carbonyl (C=O) groups is 1. The van der Waals surface area contributed by atoms with Gasteiger partial charge in [0.2, 0.25) is 12.5 Å². The highest BCUT2D eigenvalue weighted by atomic mass is 16.7. The topological polar surface area (TPSA) is 57.2 Å². The maximum Gasteiger partial charge on any atom is 0.231 e. The first kappa shape index (κ1) is 18.6. The summed E-state index contributed by atoms with van der Waals surface area (Å²) in [5.41, 5.74) is 2.05. The van der Waals surface area contributed by atoms with Gasteiger partial charge in [0.15, 0.2) is 11.5 Å². The van der Waals surface area contributed by atoms with Crippen LogP contribution in [-0.4, -0.2) is 50.4 Å². The Bertz CT molecular complexity index is 745. The van der Waals surface area contributed by atoms with Gasteiger partial charge in [-0.05, 0) is 51.8 Å². The molecule has 0 N–H and O–H groups in total. The molecule has 3 heterocycles. The van der Waals surface area contributed by atoms with E-state index in [1.807, 2.05) is 0 Å². The molecule has 3 aliphatic heterocycles. The minimum Gasteiger partial charge on any atom is -0.492 e. The van der Waals surface area contributed by atoms with Crippen molar-refractivity contribution in [2.45, 2.75) is 51.2 Å². The van der Waals surface area contributed by atoms with E-state index in [1.54, 1.807) is 7.11 Å². The lowest BCUT2D eigenvalue weighted by Crippen LogP contribution is -2.39. The van der Waals surface area contributed by atoms with Gasteiger partial charge in [-0.1, -0.05) is 0 Å². The molecule has 0 aliphatic carbocycles. The normalized spacial score (nSPS) is 26.5. The van der Waals surface area contributed by atoms with Gasteiger partial charge in [0.25, 0.3) is 0 Å². The lowest BCUT2D eigenvalue weighted by atomic mass is 9.81. The lowest BCUT2D eigenvalue weighted by molar-refractivity contribution is -0.134. The Hall–Kier alpha value is -1.79. The van der Waals surface area contributed by atoms with Crippen molar-refractivity contribution >= 4 is 5.78 Å². The van der Waals surface area contributed by atoms with Gasteiger partial charge in [0, 0.05) is 37.1 Å². The molecule has 0 amide bonds. The number of Topliss-reactive ketones (excluding diaryl/α,β-unsaturated/α-hetero) is 1. The zero-order chi connectivity index (χ0) is 19.2. The van der Waals surface area contributed by atoms with E-state index in [1.165, 1.54) is 5.56 Å². The van der Waals surface area contributed by atoms with Crippen LogP contribution in [0.25, 0.3) is 0 Å². The van der Waals surface area contributed by atoms with Crippen LogP contribution in [0, 0.1) is 5.92 Å². The minimum absolute atomic E-state index is 0.00310. The highest BCUT2D eigenvalue weighted by Crippen LogP contribution is 2.50. The van der Waals surface area contributed by atoms with Crippen LogP contribution in [0.2, 0.25) is 0 Å². The monoisotopic (exact) mass is 375 g/mol. The number of methoxy groups -OCH3 is 1. The van der Waals surface area contributed by atoms with Crippen LogP contribution in [0.5, 0.6) is 17.2 Å². The third-order valence-corrected chi connectivity index (χ3v) is 6.09. The van der Waals surface area contributed by atoms with E-state index >= 15 is 0 Å². The molecule has 0 unspecified atom stereocenters. The van der Waals surface area contributed by atoms with Crippen LogP contribution >= 0.6 is 0 Å². The predicted octanol–water partition coefficient (Wildman–Crippen LogP) is 3.12. The Labute approximate surface area is 160 Å². The Kier molecular flexibility index (Phi) is 4.80. The Balaban J connectivity index is 1.63. The number of hydrogen-bond acceptors (Lipinski definition) is 6. The van der Waals surface area contributed by atoms with E-state index in [4.69, 9.17) is 18.9 Å². The van der Waals surface area contributed by atoms with Crippen molar-refractivity contribution in [3.05, 3.63) is 17.2 Å². The quantitative estimate of drug-likeness (QED) is 0.806. The van der Waals surface area contributed by atoms with Crippen molar-refractivity contribution in [3.8, 4) is 17.2 Å². The summed E-state index contributed by atoms with van der Waals surface area (Å²) in [5.74, 6) is 2.50. The average Bonchev–Trinajstić information content (AvgIpc) is 3.09. The molecule has 3 aliphatic rings. The molecule has 1 aromatic rings. The van der Waals surface area contributed by atoms with Gasteiger partial charge in [-0.15, -0.1) is 0 Å². The summed E-state index contributed by atoms with van der Waals surface area (Å²) in [7, 11) is 3.74. The van der Waals surface area contributed by atoms with E-state index in [2.05, 4.69) is 31.9 Å². The second kappa shape index (κ2) is 6.99. The molecule has 6 heteroatoms. The van der Waals surface area contributed by atoms with E-state index in [0.717, 1.165) is 42.9 Å². The molecule has 1 saturated heterocycles. The maximum absolute atomic E-state index is 13.2. The molecule has 6 nitrogen and oxygen atoms in total. The third-order valence-electron chi connectivity index (χ3n) is 6.09. The number of carbonyl (C=O) groups excluding carboxylic acids is 1. The van der Waals surface area contributed by atoms with E-state index < -0.39 is 0 Å². The highest BCUT2D eigenvalue weighted by Gasteiger charge is 2.38. The fraction of sp³-hybridized carbons (Fsp3) is 0.667. The van der Waals surface area contributed by atoms with Crippen molar-refractivity contribution in [2.24, 2.45) is 5.92 Å². The summed E-state index contributed by atoms with van der Waals surface area (Å²) in [6.45, 7) is 5.91. The molecular weight excluding hydrogens is 346 g/mol. The van der Waals surface area contributed by atoms with Crippen LogP contribution < -0.4 is 14.2 Å². The van der Waals surface area contributed by atoms with Crippen molar-refractivity contribution in [2.75, 3.05) is 34.1 Å². The molecular formula is C21H29NO5. The molecule has 2 atom stereocenters. The van der Waals surface area contributed by atoms with Crippen molar-refractivity contribution in [1.82, 2.24) is 4.90 Å². The predicted molar refractivity (Wildman–Crippen MR) is 101 cm³/mol. The van der Waals surface area contributed by atoms with Crippen LogP contribution in [0.3, 0.4) is 0 Å². The second-order valence-electron chi connectivity index (χ2n) is 8.43.